The van der Waals surface area contributed by atoms with E-state index in [1.54, 1.807) is 18.3 Å². The third-order valence-electron chi connectivity index (χ3n) is 5.14. The van der Waals surface area contributed by atoms with Crippen LogP contribution in [0, 0.1) is 10.1 Å². The minimum absolute atomic E-state index is 0.121. The van der Waals surface area contributed by atoms with Gasteiger partial charge in [0.2, 0.25) is 0 Å². The molecule has 0 amide bonds. The van der Waals surface area contributed by atoms with Crippen LogP contribution in [0.4, 0.5) is 5.69 Å². The van der Waals surface area contributed by atoms with E-state index < -0.39 is 0 Å². The first-order valence-electron chi connectivity index (χ1n) is 8.11. The lowest BCUT2D eigenvalue weighted by Crippen LogP contribution is -2.15. The summed E-state index contributed by atoms with van der Waals surface area (Å²) in [6.07, 6.45) is 6.35. The lowest BCUT2D eigenvalue weighted by atomic mass is 9.70. The Balaban J connectivity index is 1.85. The van der Waals surface area contributed by atoms with E-state index in [9.17, 15) is 10.1 Å². The van der Waals surface area contributed by atoms with E-state index in [1.165, 1.54) is 22.8 Å². The molecule has 1 aromatic heterocycles. The Morgan fingerprint density at radius 1 is 1.17 bits per heavy atom. The summed E-state index contributed by atoms with van der Waals surface area (Å²) in [6, 6.07) is 13.1. The number of fused-ring (bicyclic) bond motifs is 5. The molecule has 3 aromatic rings. The maximum Gasteiger partial charge on any atom is 0.270 e. The number of nitrogens with zero attached hydrogens (tertiary/aromatic N) is 2. The summed E-state index contributed by atoms with van der Waals surface area (Å²) in [4.78, 5) is 15.4. The summed E-state index contributed by atoms with van der Waals surface area (Å²) in [6.45, 7) is 0. The van der Waals surface area contributed by atoms with Gasteiger partial charge in [0.05, 0.1) is 10.4 Å². The molecule has 2 aliphatic carbocycles. The zero-order valence-corrected chi connectivity index (χ0v) is 12.9. The van der Waals surface area contributed by atoms with Crippen molar-refractivity contribution in [2.75, 3.05) is 0 Å². The van der Waals surface area contributed by atoms with Crippen LogP contribution in [0.2, 0.25) is 0 Å². The first-order chi connectivity index (χ1) is 11.7. The summed E-state index contributed by atoms with van der Waals surface area (Å²) in [7, 11) is 0. The monoisotopic (exact) mass is 314 g/mol. The highest BCUT2D eigenvalue weighted by molar-refractivity contribution is 6.04. The summed E-state index contributed by atoms with van der Waals surface area (Å²) in [5, 5.41) is 12.3. The number of hydrogen-bond acceptors (Lipinski definition) is 3. The molecule has 1 unspecified atom stereocenters. The number of allylic oxidation sites excluding steroid dienone is 2. The Bertz CT molecular complexity index is 1050. The van der Waals surface area contributed by atoms with Crippen molar-refractivity contribution in [3.8, 4) is 11.1 Å². The molecule has 0 saturated carbocycles. The summed E-state index contributed by atoms with van der Waals surface area (Å²) < 4.78 is 0. The fraction of sp³-hybridized carbons (Fsp3) is 0.150. The zero-order chi connectivity index (χ0) is 16.3. The van der Waals surface area contributed by atoms with E-state index in [1.807, 2.05) is 12.1 Å². The van der Waals surface area contributed by atoms with Crippen molar-refractivity contribution in [1.29, 1.82) is 0 Å². The van der Waals surface area contributed by atoms with Crippen molar-refractivity contribution in [1.82, 2.24) is 4.98 Å². The third-order valence-corrected chi connectivity index (χ3v) is 5.14. The summed E-state index contributed by atoms with van der Waals surface area (Å²) >= 11 is 0. The molecule has 0 spiro atoms. The molecular weight excluding hydrogens is 300 g/mol. The molecule has 4 nitrogen and oxygen atoms in total. The number of pyridine rings is 1. The van der Waals surface area contributed by atoms with Gasteiger partial charge in [-0.3, -0.25) is 15.1 Å². The predicted octanol–water partition coefficient (Wildman–Crippen LogP) is 5.08. The molecule has 5 rings (SSSR count). The SMILES string of the molecule is O=[N+]([O-])c1cccc(-c2c3c(cc4cccnc24)C2=CCCC23)c1. The maximum absolute atomic E-state index is 11.2. The molecule has 1 heterocycles. The van der Waals surface area contributed by atoms with Gasteiger partial charge in [0.25, 0.3) is 5.69 Å². The first-order valence-corrected chi connectivity index (χ1v) is 8.11. The number of nitro groups is 1. The van der Waals surface area contributed by atoms with Gasteiger partial charge in [-0.25, -0.2) is 0 Å². The minimum Gasteiger partial charge on any atom is -0.258 e. The highest BCUT2D eigenvalue weighted by Gasteiger charge is 2.38. The Morgan fingerprint density at radius 3 is 2.96 bits per heavy atom. The van der Waals surface area contributed by atoms with Gasteiger partial charge in [-0.15, -0.1) is 0 Å². The van der Waals surface area contributed by atoms with Crippen molar-refractivity contribution in [3.63, 3.8) is 0 Å². The van der Waals surface area contributed by atoms with E-state index in [4.69, 9.17) is 0 Å². The second kappa shape index (κ2) is 4.74. The van der Waals surface area contributed by atoms with Crippen LogP contribution in [0.1, 0.15) is 29.9 Å². The van der Waals surface area contributed by atoms with Gasteiger partial charge < -0.3 is 0 Å². The van der Waals surface area contributed by atoms with E-state index in [2.05, 4.69) is 23.2 Å². The standard InChI is InChI=1S/C20H14N2O2/c23-22(24)14-6-1-4-12(10-14)18-19-16-8-2-7-15(16)17(19)11-13-5-3-9-21-20(13)18/h1,3-7,9-11,16H,2,8H2. The van der Waals surface area contributed by atoms with E-state index in [-0.39, 0.29) is 10.6 Å². The average Bonchev–Trinajstić information content (AvgIpc) is 3.03. The van der Waals surface area contributed by atoms with Gasteiger partial charge in [0.1, 0.15) is 0 Å². The molecule has 0 radical (unpaired) electrons. The van der Waals surface area contributed by atoms with Gasteiger partial charge >= 0.3 is 0 Å². The van der Waals surface area contributed by atoms with Gasteiger partial charge in [-0.2, -0.15) is 0 Å². The molecule has 0 aliphatic heterocycles. The smallest absolute Gasteiger partial charge is 0.258 e. The average molecular weight is 314 g/mol. The molecule has 1 atom stereocenters. The van der Waals surface area contributed by atoms with Crippen molar-refractivity contribution in [2.45, 2.75) is 18.8 Å². The molecule has 24 heavy (non-hydrogen) atoms. The molecule has 116 valence electrons. The second-order valence-corrected chi connectivity index (χ2v) is 6.38. The van der Waals surface area contributed by atoms with Gasteiger partial charge in [-0.05, 0) is 47.2 Å². The van der Waals surface area contributed by atoms with Crippen LogP contribution < -0.4 is 0 Å². The number of non-ortho nitro benzene ring substituents is 1. The molecule has 0 fully saturated rings. The van der Waals surface area contributed by atoms with Crippen LogP contribution in [0.15, 0.2) is 54.7 Å². The quantitative estimate of drug-likeness (QED) is 0.489. The highest BCUT2D eigenvalue weighted by Crippen LogP contribution is 2.57. The lowest BCUT2D eigenvalue weighted by Gasteiger charge is -2.33. The van der Waals surface area contributed by atoms with Crippen LogP contribution >= 0.6 is 0 Å². The summed E-state index contributed by atoms with van der Waals surface area (Å²) in [5.41, 5.74) is 7.04. The molecule has 4 heteroatoms. The fourth-order valence-corrected chi connectivity index (χ4v) is 4.13. The van der Waals surface area contributed by atoms with E-state index in [0.29, 0.717) is 5.92 Å². The van der Waals surface area contributed by atoms with Crippen molar-refractivity contribution < 1.29 is 4.92 Å². The van der Waals surface area contributed by atoms with Gasteiger partial charge in [-0.1, -0.05) is 24.3 Å². The highest BCUT2D eigenvalue weighted by atomic mass is 16.6. The normalized spacial score (nSPS) is 17.8. The Kier molecular flexibility index (Phi) is 2.65. The fourth-order valence-electron chi connectivity index (χ4n) is 4.13. The molecule has 0 N–H and O–H groups in total. The van der Waals surface area contributed by atoms with Gasteiger partial charge in [0.15, 0.2) is 0 Å². The van der Waals surface area contributed by atoms with Crippen LogP contribution in [0.5, 0.6) is 0 Å². The number of nitro benzene ring substituents is 1. The Hall–Kier alpha value is -3.01. The Morgan fingerprint density at radius 2 is 2.08 bits per heavy atom. The number of aromatic nitrogens is 1. The third kappa shape index (κ3) is 1.71. The maximum atomic E-state index is 11.2. The number of benzene rings is 2. The predicted molar refractivity (Wildman–Crippen MR) is 93.8 cm³/mol. The molecule has 2 aromatic carbocycles. The molecule has 0 saturated heterocycles. The topological polar surface area (TPSA) is 56.0 Å². The van der Waals surface area contributed by atoms with Crippen molar-refractivity contribution in [2.24, 2.45) is 0 Å². The van der Waals surface area contributed by atoms with Crippen LogP contribution in [-0.4, -0.2) is 9.91 Å². The van der Waals surface area contributed by atoms with E-state index >= 15 is 0 Å². The van der Waals surface area contributed by atoms with Gasteiger partial charge in [0, 0.05) is 35.2 Å². The largest absolute Gasteiger partial charge is 0.270 e. The van der Waals surface area contributed by atoms with Crippen molar-refractivity contribution >= 4 is 22.2 Å². The lowest BCUT2D eigenvalue weighted by molar-refractivity contribution is -0.384. The van der Waals surface area contributed by atoms with Crippen LogP contribution in [0.3, 0.4) is 0 Å². The first kappa shape index (κ1) is 13.4. The zero-order valence-electron chi connectivity index (χ0n) is 12.9. The van der Waals surface area contributed by atoms with Crippen LogP contribution in [-0.2, 0) is 0 Å². The molecular formula is C20H14N2O2. The number of hydrogen-bond donors (Lipinski definition) is 0. The van der Waals surface area contributed by atoms with Crippen molar-refractivity contribution in [3.05, 3.63) is 76.0 Å². The van der Waals surface area contributed by atoms with Crippen LogP contribution in [0.25, 0.3) is 27.6 Å². The number of rotatable bonds is 2. The second-order valence-electron chi connectivity index (χ2n) is 6.38. The molecule has 2 aliphatic rings. The Labute approximate surface area is 138 Å². The molecule has 0 bridgehead atoms. The summed E-state index contributed by atoms with van der Waals surface area (Å²) in [5.74, 6) is 0.459. The van der Waals surface area contributed by atoms with E-state index in [0.717, 1.165) is 34.9 Å². The minimum atomic E-state index is -0.338.